The van der Waals surface area contributed by atoms with E-state index in [1.54, 1.807) is 107 Å². The molecular weight excluding hydrogens is 975 g/mol. The van der Waals surface area contributed by atoms with Crippen LogP contribution in [0.25, 0.3) is 0 Å². The quantitative estimate of drug-likeness (QED) is 0.0751. The summed E-state index contributed by atoms with van der Waals surface area (Å²) in [5.41, 5.74) is -6.78. The average Bonchev–Trinajstić information content (AvgIpc) is 3.92. The Kier molecular flexibility index (Phi) is 14.1. The number of ketones is 1. The van der Waals surface area contributed by atoms with Crippen LogP contribution in [-0.4, -0.2) is 124 Å². The number of aliphatic hydroxyl groups is 1. The molecule has 14 atom stereocenters. The standard InChI is InChI=1S/C55H61N3O15S/c1-28-36(70-49(64)29(2)42(32-17-11-8-12-18-32)57-48(63)33-19-13-9-14-20-33)25-55(67)47(72-50(65)34-21-15-10-16-22-34)45-53(7,46(62)44(69-30(3)59)41(28)52(55,5)6)38(24-39-54(45,27-68-39)73-31(4)60)71-40(61)23-37-43-35(26-74-37)56-51(66)58-43/h8-22,29,35-39,42-45,47,67H,23-27H2,1-7H3,(H,57,63)(H2,56,58,66)/t29-,35+,36+,37?,38?,39-,42-,43+,44-,45?,47?,53-,54+,55-/m1/s1. The molecule has 4 N–H and O–H groups in total. The molecule has 0 spiro atoms. The Bertz CT molecular complexity index is 2780. The van der Waals surface area contributed by atoms with Crippen molar-refractivity contribution >= 4 is 59.3 Å². The van der Waals surface area contributed by atoms with Crippen molar-refractivity contribution in [2.24, 2.45) is 22.7 Å². The number of rotatable bonds is 13. The van der Waals surface area contributed by atoms with Gasteiger partial charge in [-0.1, -0.05) is 80.6 Å². The highest BCUT2D eigenvalue weighted by Gasteiger charge is 2.79. The monoisotopic (exact) mass is 1040 g/mol. The summed E-state index contributed by atoms with van der Waals surface area (Å²) in [6.07, 6.45) is -8.55. The van der Waals surface area contributed by atoms with E-state index in [4.69, 9.17) is 28.4 Å². The lowest BCUT2D eigenvalue weighted by Crippen LogP contribution is -2.82. The zero-order chi connectivity index (χ0) is 53.1. The van der Waals surface area contributed by atoms with Gasteiger partial charge in [0.1, 0.15) is 30.0 Å². The van der Waals surface area contributed by atoms with Crippen LogP contribution in [0.3, 0.4) is 0 Å². The third-order valence-corrected chi connectivity index (χ3v) is 17.8. The molecule has 3 amide bonds. The fourth-order valence-corrected chi connectivity index (χ4v) is 13.9. The van der Waals surface area contributed by atoms with E-state index in [1.807, 2.05) is 0 Å². The van der Waals surface area contributed by atoms with Gasteiger partial charge in [0, 0.05) is 48.7 Å². The number of urea groups is 1. The van der Waals surface area contributed by atoms with Crippen molar-refractivity contribution < 1.29 is 71.9 Å². The molecule has 9 rings (SSSR count). The molecule has 3 heterocycles. The van der Waals surface area contributed by atoms with Crippen LogP contribution in [0.2, 0.25) is 0 Å². The minimum absolute atomic E-state index is 0.0331. The highest BCUT2D eigenvalue weighted by atomic mass is 32.2. The molecule has 2 bridgehead atoms. The van der Waals surface area contributed by atoms with Crippen LogP contribution in [0.1, 0.15) is 100 Å². The molecule has 6 aliphatic rings. The predicted molar refractivity (Wildman–Crippen MR) is 265 cm³/mol. The first-order valence-corrected chi connectivity index (χ1v) is 25.9. The van der Waals surface area contributed by atoms with Gasteiger partial charge in [-0.25, -0.2) is 9.59 Å². The van der Waals surface area contributed by atoms with Crippen LogP contribution < -0.4 is 16.0 Å². The number of Topliss-reactive ketones (excluding diaryl/α,β-unsaturated/α-hetero) is 1. The van der Waals surface area contributed by atoms with Gasteiger partial charge in [-0.2, -0.15) is 11.8 Å². The summed E-state index contributed by atoms with van der Waals surface area (Å²) in [4.78, 5) is 113. The lowest BCUT2D eigenvalue weighted by molar-refractivity contribution is -0.346. The molecule has 0 radical (unpaired) electrons. The van der Waals surface area contributed by atoms with Gasteiger partial charge in [0.2, 0.25) is 0 Å². The second-order valence-electron chi connectivity index (χ2n) is 21.0. The number of carbonyl (C=O) groups is 8. The number of fused-ring (bicyclic) bond motifs is 6. The second-order valence-corrected chi connectivity index (χ2v) is 22.3. The molecule has 5 fully saturated rings. The SMILES string of the molecule is CC(=O)O[C@H]1C(=O)[C@]2(C)C(OC(=O)CC3SC[C@@H]4NC(=O)N[C@H]34)C[C@H]3OC[C@@]3(OC(C)=O)C2C(OC(=O)c2ccccc2)[C@]2(O)C[C@H](OC(=O)[C@H](C)[C@@H](NC(=O)c3ccccc3)c3ccccc3)C(C)=C1C2(C)C. The molecule has 3 aliphatic heterocycles. The summed E-state index contributed by atoms with van der Waals surface area (Å²) in [5.74, 6) is -7.63. The molecule has 3 saturated heterocycles. The van der Waals surface area contributed by atoms with E-state index in [2.05, 4.69) is 16.0 Å². The fraction of sp³-hybridized carbons (Fsp3) is 0.491. The van der Waals surface area contributed by atoms with Crippen LogP contribution in [0.5, 0.6) is 0 Å². The molecular formula is C55H61N3O15S. The largest absolute Gasteiger partial charge is 0.461 e. The van der Waals surface area contributed by atoms with Crippen LogP contribution >= 0.6 is 11.8 Å². The lowest BCUT2D eigenvalue weighted by atomic mass is 9.44. The minimum atomic E-state index is -2.41. The van der Waals surface area contributed by atoms with Gasteiger partial charge in [-0.15, -0.1) is 0 Å². The zero-order valence-electron chi connectivity index (χ0n) is 42.1. The summed E-state index contributed by atoms with van der Waals surface area (Å²) in [7, 11) is 0. The molecule has 18 nitrogen and oxygen atoms in total. The second kappa shape index (κ2) is 19.9. The number of thioether (sulfide) groups is 1. The van der Waals surface area contributed by atoms with Crippen LogP contribution in [0.4, 0.5) is 4.79 Å². The number of benzene rings is 3. The minimum Gasteiger partial charge on any atom is -0.461 e. The van der Waals surface area contributed by atoms with E-state index >= 15 is 4.79 Å². The van der Waals surface area contributed by atoms with Crippen LogP contribution in [0, 0.1) is 22.7 Å². The van der Waals surface area contributed by atoms with Crippen molar-refractivity contribution in [3.8, 4) is 0 Å². The predicted octanol–water partition coefficient (Wildman–Crippen LogP) is 5.12. The van der Waals surface area contributed by atoms with E-state index in [-0.39, 0.29) is 54.3 Å². The Morgan fingerprint density at radius 1 is 0.838 bits per heavy atom. The number of carbonyl (C=O) groups excluding carboxylic acids is 8. The number of amides is 3. The maximum absolute atomic E-state index is 16.3. The maximum Gasteiger partial charge on any atom is 0.338 e. The normalized spacial score (nSPS) is 33.2. The Morgan fingerprint density at radius 3 is 2.08 bits per heavy atom. The molecule has 3 aliphatic carbocycles. The van der Waals surface area contributed by atoms with Gasteiger partial charge in [0.15, 0.2) is 17.5 Å². The van der Waals surface area contributed by atoms with E-state index in [9.17, 15) is 38.7 Å². The van der Waals surface area contributed by atoms with E-state index in [0.717, 1.165) is 6.92 Å². The molecule has 2 saturated carbocycles. The highest BCUT2D eigenvalue weighted by Crippen LogP contribution is 2.65. The Hall–Kier alpha value is -6.57. The third kappa shape index (κ3) is 9.03. The summed E-state index contributed by atoms with van der Waals surface area (Å²) in [6, 6.07) is 23.3. The summed E-state index contributed by atoms with van der Waals surface area (Å²) < 4.78 is 38.0. The number of hydrogen-bond acceptors (Lipinski definition) is 16. The smallest absolute Gasteiger partial charge is 0.338 e. The zero-order valence-corrected chi connectivity index (χ0v) is 42.9. The van der Waals surface area contributed by atoms with E-state index < -0.39 is 124 Å². The van der Waals surface area contributed by atoms with Gasteiger partial charge in [-0.3, -0.25) is 28.8 Å². The molecule has 74 heavy (non-hydrogen) atoms. The van der Waals surface area contributed by atoms with E-state index in [1.165, 1.54) is 37.7 Å². The van der Waals surface area contributed by atoms with Crippen molar-refractivity contribution in [3.05, 3.63) is 119 Å². The topological polar surface area (TPSA) is 248 Å². The molecule has 3 aromatic rings. The maximum atomic E-state index is 16.3. The average molecular weight is 1040 g/mol. The van der Waals surface area contributed by atoms with Gasteiger partial charge in [-0.05, 0) is 61.7 Å². The van der Waals surface area contributed by atoms with Crippen molar-refractivity contribution in [1.29, 1.82) is 0 Å². The van der Waals surface area contributed by atoms with Crippen LogP contribution in [-0.2, 0) is 52.4 Å². The first-order chi connectivity index (χ1) is 35.1. The first-order valence-electron chi connectivity index (χ1n) is 24.8. The number of esters is 5. The molecule has 19 heteroatoms. The van der Waals surface area contributed by atoms with Gasteiger partial charge >= 0.3 is 35.9 Å². The van der Waals surface area contributed by atoms with Crippen molar-refractivity contribution in [3.63, 3.8) is 0 Å². The number of hydrogen-bond donors (Lipinski definition) is 4. The molecule has 4 unspecified atom stereocenters. The van der Waals surface area contributed by atoms with Crippen molar-refractivity contribution in [2.45, 2.75) is 133 Å². The number of nitrogens with one attached hydrogen (secondary N) is 3. The fourth-order valence-electron chi connectivity index (χ4n) is 12.5. The number of ether oxygens (including phenoxy) is 6. The molecule has 392 valence electrons. The molecule has 3 aromatic carbocycles. The van der Waals surface area contributed by atoms with Gasteiger partial charge in [0.25, 0.3) is 5.91 Å². The Morgan fingerprint density at radius 2 is 1.47 bits per heavy atom. The first kappa shape index (κ1) is 52.3. The van der Waals surface area contributed by atoms with Gasteiger partial charge < -0.3 is 49.5 Å². The summed E-state index contributed by atoms with van der Waals surface area (Å²) in [5, 5.41) is 22.4. The highest BCUT2D eigenvalue weighted by molar-refractivity contribution is 8.00. The Balaban J connectivity index is 1.18. The third-order valence-electron chi connectivity index (χ3n) is 16.3. The van der Waals surface area contributed by atoms with Crippen LogP contribution in [0.15, 0.2) is 102 Å². The van der Waals surface area contributed by atoms with Gasteiger partial charge in [0.05, 0.1) is 54.0 Å². The Labute approximate surface area is 432 Å². The summed E-state index contributed by atoms with van der Waals surface area (Å²) in [6.45, 7) is 9.78. The van der Waals surface area contributed by atoms with Crippen molar-refractivity contribution in [1.82, 2.24) is 16.0 Å². The lowest BCUT2D eigenvalue weighted by Gasteiger charge is -2.67. The van der Waals surface area contributed by atoms with Crippen molar-refractivity contribution in [2.75, 3.05) is 12.4 Å². The summed E-state index contributed by atoms with van der Waals surface area (Å²) >= 11 is 1.47. The van der Waals surface area contributed by atoms with E-state index in [0.29, 0.717) is 16.9 Å². The molecule has 0 aromatic heterocycles.